The Balaban J connectivity index is 1.54. The largest absolute Gasteiger partial charge is 0.355 e. The number of tetrazole rings is 1. The van der Waals surface area contributed by atoms with Gasteiger partial charge in [0, 0.05) is 11.8 Å². The van der Waals surface area contributed by atoms with Gasteiger partial charge in [-0.1, -0.05) is 41.2 Å². The van der Waals surface area contributed by atoms with Gasteiger partial charge in [0.15, 0.2) is 5.76 Å². The molecule has 25 heavy (non-hydrogen) atoms. The average Bonchev–Trinajstić information content (AvgIpc) is 3.34. The molecular formula is C17H15N5OS2. The van der Waals surface area contributed by atoms with Gasteiger partial charge >= 0.3 is 0 Å². The first-order chi connectivity index (χ1) is 12.2. The Bertz CT molecular complexity index is 970. The number of para-hydroxylation sites is 1. The number of rotatable bonds is 5. The van der Waals surface area contributed by atoms with Crippen molar-refractivity contribution >= 4 is 23.1 Å². The van der Waals surface area contributed by atoms with Crippen LogP contribution in [-0.4, -0.2) is 25.4 Å². The van der Waals surface area contributed by atoms with Gasteiger partial charge in [-0.05, 0) is 46.8 Å². The van der Waals surface area contributed by atoms with Gasteiger partial charge in [-0.3, -0.25) is 0 Å². The standard InChI is InChI=1S/C17H15N5OS2/c1-11-5-3-6-12(2)16(11)22-17(18-20-21-22)25-10-13-9-14(23-19-13)15-7-4-8-24-15/h3-9H,10H2,1-2H3. The van der Waals surface area contributed by atoms with Gasteiger partial charge in [-0.2, -0.15) is 4.68 Å². The molecule has 0 aliphatic heterocycles. The second-order valence-corrected chi connectivity index (χ2v) is 7.45. The molecule has 0 saturated carbocycles. The zero-order valence-corrected chi connectivity index (χ0v) is 15.3. The minimum absolute atomic E-state index is 0.639. The molecule has 3 heterocycles. The maximum Gasteiger partial charge on any atom is 0.214 e. The number of thiophene rings is 1. The first-order valence-electron chi connectivity index (χ1n) is 7.69. The summed E-state index contributed by atoms with van der Waals surface area (Å²) in [7, 11) is 0. The van der Waals surface area contributed by atoms with E-state index in [1.165, 1.54) is 11.8 Å². The van der Waals surface area contributed by atoms with Gasteiger partial charge in [0.05, 0.1) is 16.3 Å². The minimum Gasteiger partial charge on any atom is -0.355 e. The summed E-state index contributed by atoms with van der Waals surface area (Å²) in [5, 5.41) is 19.0. The predicted octanol–water partition coefficient (Wildman–Crippen LogP) is 4.29. The number of hydrogen-bond acceptors (Lipinski definition) is 7. The van der Waals surface area contributed by atoms with E-state index in [9.17, 15) is 0 Å². The topological polar surface area (TPSA) is 69.6 Å². The summed E-state index contributed by atoms with van der Waals surface area (Å²) in [6.45, 7) is 4.12. The number of nitrogens with zero attached hydrogens (tertiary/aromatic N) is 5. The zero-order chi connectivity index (χ0) is 17.2. The fourth-order valence-electron chi connectivity index (χ4n) is 2.60. The van der Waals surface area contributed by atoms with Crippen molar-refractivity contribution in [2.24, 2.45) is 0 Å². The molecule has 0 saturated heterocycles. The summed E-state index contributed by atoms with van der Waals surface area (Å²) < 4.78 is 7.21. The molecule has 0 spiro atoms. The van der Waals surface area contributed by atoms with E-state index in [2.05, 4.69) is 46.7 Å². The molecular weight excluding hydrogens is 354 g/mol. The first-order valence-corrected chi connectivity index (χ1v) is 9.56. The lowest BCUT2D eigenvalue weighted by Crippen LogP contribution is -2.04. The number of aromatic nitrogens is 5. The van der Waals surface area contributed by atoms with Gasteiger partial charge in [0.25, 0.3) is 0 Å². The van der Waals surface area contributed by atoms with E-state index in [0.717, 1.165) is 38.3 Å². The third-order valence-electron chi connectivity index (χ3n) is 3.76. The Kier molecular flexibility index (Phi) is 4.37. The molecule has 0 aliphatic carbocycles. The molecule has 4 aromatic rings. The molecule has 0 bridgehead atoms. The maximum atomic E-state index is 5.42. The monoisotopic (exact) mass is 369 g/mol. The van der Waals surface area contributed by atoms with Crippen molar-refractivity contribution in [2.45, 2.75) is 24.8 Å². The van der Waals surface area contributed by atoms with Gasteiger partial charge < -0.3 is 4.52 Å². The Morgan fingerprint density at radius 2 is 2.00 bits per heavy atom. The fraction of sp³-hybridized carbons (Fsp3) is 0.176. The van der Waals surface area contributed by atoms with Gasteiger partial charge in [0.2, 0.25) is 5.16 Å². The van der Waals surface area contributed by atoms with E-state index < -0.39 is 0 Å². The third kappa shape index (κ3) is 3.22. The highest BCUT2D eigenvalue weighted by atomic mass is 32.2. The molecule has 6 nitrogen and oxygen atoms in total. The van der Waals surface area contributed by atoms with Crippen LogP contribution in [0.25, 0.3) is 16.3 Å². The average molecular weight is 369 g/mol. The number of benzene rings is 1. The Hall–Kier alpha value is -2.45. The quantitative estimate of drug-likeness (QED) is 0.489. The number of aryl methyl sites for hydroxylation is 2. The Morgan fingerprint density at radius 3 is 2.76 bits per heavy atom. The highest BCUT2D eigenvalue weighted by Crippen LogP contribution is 2.29. The zero-order valence-electron chi connectivity index (χ0n) is 13.7. The number of hydrogen-bond donors (Lipinski definition) is 0. The predicted molar refractivity (Wildman–Crippen MR) is 98.0 cm³/mol. The molecule has 4 rings (SSSR count). The van der Waals surface area contributed by atoms with Crippen molar-refractivity contribution in [1.29, 1.82) is 0 Å². The molecule has 0 fully saturated rings. The molecule has 1 aromatic carbocycles. The highest BCUT2D eigenvalue weighted by Gasteiger charge is 2.15. The summed E-state index contributed by atoms with van der Waals surface area (Å²) in [4.78, 5) is 1.07. The normalized spacial score (nSPS) is 11.1. The highest BCUT2D eigenvalue weighted by molar-refractivity contribution is 7.98. The van der Waals surface area contributed by atoms with Gasteiger partial charge in [-0.15, -0.1) is 16.4 Å². The SMILES string of the molecule is Cc1cccc(C)c1-n1nnnc1SCc1cc(-c2cccs2)on1. The molecule has 0 aliphatic rings. The lowest BCUT2D eigenvalue weighted by molar-refractivity contribution is 0.427. The summed E-state index contributed by atoms with van der Waals surface area (Å²) in [5.74, 6) is 1.43. The van der Waals surface area contributed by atoms with Crippen molar-refractivity contribution in [1.82, 2.24) is 25.4 Å². The Labute approximate surface area is 152 Å². The van der Waals surface area contributed by atoms with Crippen LogP contribution < -0.4 is 0 Å². The van der Waals surface area contributed by atoms with Crippen LogP contribution in [0.15, 0.2) is 51.5 Å². The van der Waals surface area contributed by atoms with Crippen LogP contribution in [0.4, 0.5) is 0 Å². The molecule has 3 aromatic heterocycles. The van der Waals surface area contributed by atoms with Crippen molar-refractivity contribution in [2.75, 3.05) is 0 Å². The first kappa shape index (κ1) is 16.0. The van der Waals surface area contributed by atoms with Crippen molar-refractivity contribution in [3.8, 4) is 16.3 Å². The van der Waals surface area contributed by atoms with E-state index >= 15 is 0 Å². The maximum absolute atomic E-state index is 5.42. The van der Waals surface area contributed by atoms with E-state index in [0.29, 0.717) is 5.75 Å². The lowest BCUT2D eigenvalue weighted by atomic mass is 10.1. The summed E-state index contributed by atoms with van der Waals surface area (Å²) >= 11 is 3.17. The second-order valence-electron chi connectivity index (χ2n) is 5.56. The molecule has 126 valence electrons. The number of thioether (sulfide) groups is 1. The van der Waals surface area contributed by atoms with Crippen molar-refractivity contribution < 1.29 is 4.52 Å². The van der Waals surface area contributed by atoms with E-state index in [-0.39, 0.29) is 0 Å². The molecule has 0 unspecified atom stereocenters. The molecule has 8 heteroatoms. The van der Waals surface area contributed by atoms with Crippen molar-refractivity contribution in [3.05, 3.63) is 58.6 Å². The van der Waals surface area contributed by atoms with Crippen LogP contribution in [0.1, 0.15) is 16.8 Å². The summed E-state index contributed by atoms with van der Waals surface area (Å²) in [6, 6.07) is 12.1. The summed E-state index contributed by atoms with van der Waals surface area (Å²) in [6.07, 6.45) is 0. The molecule has 0 amide bonds. The van der Waals surface area contributed by atoms with Crippen LogP contribution in [0, 0.1) is 13.8 Å². The minimum atomic E-state index is 0.639. The molecule has 0 atom stereocenters. The van der Waals surface area contributed by atoms with Gasteiger partial charge in [0.1, 0.15) is 0 Å². The van der Waals surface area contributed by atoms with Crippen LogP contribution in [0.3, 0.4) is 0 Å². The van der Waals surface area contributed by atoms with E-state index in [1.807, 2.05) is 29.6 Å². The smallest absolute Gasteiger partial charge is 0.214 e. The lowest BCUT2D eigenvalue weighted by Gasteiger charge is -2.10. The van der Waals surface area contributed by atoms with Crippen LogP contribution in [0.2, 0.25) is 0 Å². The summed E-state index contributed by atoms with van der Waals surface area (Å²) in [5.41, 5.74) is 4.16. The molecule has 0 N–H and O–H groups in total. The third-order valence-corrected chi connectivity index (χ3v) is 5.60. The van der Waals surface area contributed by atoms with E-state index in [1.54, 1.807) is 16.0 Å². The van der Waals surface area contributed by atoms with Crippen LogP contribution >= 0.6 is 23.1 Å². The van der Waals surface area contributed by atoms with E-state index in [4.69, 9.17) is 4.52 Å². The Morgan fingerprint density at radius 1 is 1.16 bits per heavy atom. The second kappa shape index (κ2) is 6.81. The van der Waals surface area contributed by atoms with Crippen LogP contribution in [-0.2, 0) is 5.75 Å². The fourth-order valence-corrected chi connectivity index (χ4v) is 4.03. The van der Waals surface area contributed by atoms with Gasteiger partial charge in [-0.25, -0.2) is 0 Å². The van der Waals surface area contributed by atoms with Crippen LogP contribution in [0.5, 0.6) is 0 Å². The molecule has 0 radical (unpaired) electrons. The van der Waals surface area contributed by atoms with Crippen molar-refractivity contribution in [3.63, 3.8) is 0 Å².